The molecule has 1 heterocycles. The first-order valence-electron chi connectivity index (χ1n) is 10.5. The Morgan fingerprint density at radius 3 is 2.48 bits per heavy atom. The zero-order valence-electron chi connectivity index (χ0n) is 17.4. The largest absolute Gasteiger partial charge is 0.496 e. The molecule has 5 nitrogen and oxygen atoms in total. The number of likely N-dealkylation sites (N-methyl/N-ethyl adjacent to an activating group) is 1. The molecule has 2 aliphatic carbocycles. The van der Waals surface area contributed by atoms with E-state index < -0.39 is 17.5 Å². The number of carbonyl (C=O) groups is 1. The fraction of sp³-hybridized carbons (Fsp3) is 0.682. The summed E-state index contributed by atoms with van der Waals surface area (Å²) in [5.41, 5.74) is -0.308. The lowest BCUT2D eigenvalue weighted by atomic mass is 9.77. The van der Waals surface area contributed by atoms with Crippen molar-refractivity contribution in [3.05, 3.63) is 29.3 Å². The molecule has 0 radical (unpaired) electrons. The van der Waals surface area contributed by atoms with Gasteiger partial charge in [-0.15, -0.1) is 0 Å². The van der Waals surface area contributed by atoms with E-state index >= 15 is 0 Å². The van der Waals surface area contributed by atoms with Crippen molar-refractivity contribution in [2.45, 2.75) is 37.8 Å². The molecule has 4 rings (SSSR count). The summed E-state index contributed by atoms with van der Waals surface area (Å²) in [6.07, 6.45) is 4.51. The van der Waals surface area contributed by atoms with E-state index in [1.165, 1.54) is 26.0 Å². The Morgan fingerprint density at radius 1 is 1.17 bits per heavy atom. The van der Waals surface area contributed by atoms with Crippen LogP contribution < -0.4 is 4.74 Å². The lowest BCUT2D eigenvalue weighted by Crippen LogP contribution is -2.48. The molecular formula is C22H30F2N2O3. The Balaban J connectivity index is 1.49. The molecule has 160 valence electrons. The Hall–Kier alpha value is -1.73. The Bertz CT molecular complexity index is 769. The van der Waals surface area contributed by atoms with Gasteiger partial charge in [0, 0.05) is 25.7 Å². The smallest absolute Gasteiger partial charge is 0.260 e. The van der Waals surface area contributed by atoms with Gasteiger partial charge < -0.3 is 19.3 Å². The SMILES string of the molecule is COc1ccc(F)c(F)c1C(=O)N1C[C@H]2C[C@@H](N(C)C)[C@H](OCC3CC3)C[C@H]2C1. The standard InChI is InChI=1S/C22H30F2N2O3/c1-25(2)17-8-14-10-26(11-15(14)9-19(17)29-12-13-4-5-13)22(27)20-18(28-3)7-6-16(23)21(20)24/h6-7,13-15,17,19H,4-5,8-12H2,1-3H3/t14-,15+,17-,19-/m1/s1. The lowest BCUT2D eigenvalue weighted by molar-refractivity contribution is -0.0493. The van der Waals surface area contributed by atoms with Gasteiger partial charge in [-0.3, -0.25) is 4.79 Å². The van der Waals surface area contributed by atoms with Crippen molar-refractivity contribution in [3.8, 4) is 5.75 Å². The highest BCUT2D eigenvalue weighted by molar-refractivity contribution is 5.97. The van der Waals surface area contributed by atoms with E-state index in [0.29, 0.717) is 36.9 Å². The maximum Gasteiger partial charge on any atom is 0.260 e. The minimum Gasteiger partial charge on any atom is -0.496 e. The average Bonchev–Trinajstić information content (AvgIpc) is 3.44. The van der Waals surface area contributed by atoms with Crippen LogP contribution in [0.5, 0.6) is 5.75 Å². The number of hydrogen-bond donors (Lipinski definition) is 0. The van der Waals surface area contributed by atoms with E-state index in [2.05, 4.69) is 19.0 Å². The number of rotatable bonds is 6. The zero-order valence-corrected chi connectivity index (χ0v) is 17.4. The predicted octanol–water partition coefficient (Wildman–Crippen LogP) is 3.18. The van der Waals surface area contributed by atoms with Crippen molar-refractivity contribution in [3.63, 3.8) is 0 Å². The van der Waals surface area contributed by atoms with Crippen LogP contribution in [0.4, 0.5) is 8.78 Å². The maximum atomic E-state index is 14.4. The summed E-state index contributed by atoms with van der Waals surface area (Å²) < 4.78 is 39.6. The van der Waals surface area contributed by atoms with Gasteiger partial charge in [0.05, 0.1) is 13.2 Å². The quantitative estimate of drug-likeness (QED) is 0.725. The van der Waals surface area contributed by atoms with E-state index in [9.17, 15) is 13.6 Å². The number of likely N-dealkylation sites (tertiary alicyclic amines) is 1. The molecule has 0 unspecified atom stereocenters. The van der Waals surface area contributed by atoms with Crippen LogP contribution in [0, 0.1) is 29.4 Å². The van der Waals surface area contributed by atoms with Gasteiger partial charge in [-0.25, -0.2) is 8.78 Å². The highest BCUT2D eigenvalue weighted by Gasteiger charge is 2.45. The summed E-state index contributed by atoms with van der Waals surface area (Å²) in [6.45, 7) is 1.93. The van der Waals surface area contributed by atoms with Crippen molar-refractivity contribution >= 4 is 5.91 Å². The summed E-state index contributed by atoms with van der Waals surface area (Å²) in [7, 11) is 5.50. The number of amides is 1. The number of ether oxygens (including phenoxy) is 2. The second kappa shape index (κ2) is 8.19. The van der Waals surface area contributed by atoms with Crippen LogP contribution in [0.15, 0.2) is 12.1 Å². The van der Waals surface area contributed by atoms with Gasteiger partial charge in [0.15, 0.2) is 11.6 Å². The molecule has 1 amide bonds. The highest BCUT2D eigenvalue weighted by Crippen LogP contribution is 2.41. The summed E-state index contributed by atoms with van der Waals surface area (Å²) in [4.78, 5) is 16.9. The minimum atomic E-state index is -1.14. The van der Waals surface area contributed by atoms with Crippen LogP contribution in [0.2, 0.25) is 0 Å². The molecule has 0 bridgehead atoms. The van der Waals surface area contributed by atoms with Crippen LogP contribution in [-0.4, -0.2) is 68.8 Å². The summed E-state index contributed by atoms with van der Waals surface area (Å²) >= 11 is 0. The minimum absolute atomic E-state index is 0.0700. The summed E-state index contributed by atoms with van der Waals surface area (Å²) in [5, 5.41) is 0. The molecule has 0 N–H and O–H groups in total. The van der Waals surface area contributed by atoms with Crippen LogP contribution in [0.1, 0.15) is 36.0 Å². The molecule has 0 aromatic heterocycles. The average molecular weight is 408 g/mol. The van der Waals surface area contributed by atoms with E-state index in [0.717, 1.165) is 25.5 Å². The molecule has 2 saturated carbocycles. The number of hydrogen-bond acceptors (Lipinski definition) is 4. The Morgan fingerprint density at radius 2 is 1.86 bits per heavy atom. The van der Waals surface area contributed by atoms with Crippen molar-refractivity contribution in [1.29, 1.82) is 0 Å². The lowest BCUT2D eigenvalue weighted by Gasteiger charge is -2.41. The summed E-state index contributed by atoms with van der Waals surface area (Å²) in [5.74, 6) is -1.23. The fourth-order valence-electron chi connectivity index (χ4n) is 4.88. The van der Waals surface area contributed by atoms with E-state index in [1.54, 1.807) is 4.90 Å². The number of carbonyl (C=O) groups excluding carboxylic acids is 1. The van der Waals surface area contributed by atoms with Crippen molar-refractivity contribution in [1.82, 2.24) is 9.80 Å². The van der Waals surface area contributed by atoms with Crippen molar-refractivity contribution < 1.29 is 23.0 Å². The topological polar surface area (TPSA) is 42.0 Å². The first-order valence-corrected chi connectivity index (χ1v) is 10.5. The van der Waals surface area contributed by atoms with Gasteiger partial charge in [-0.1, -0.05) is 0 Å². The normalized spacial score (nSPS) is 29.2. The zero-order chi connectivity index (χ0) is 20.7. The molecule has 3 fully saturated rings. The van der Waals surface area contributed by atoms with Crippen molar-refractivity contribution in [2.75, 3.05) is 40.9 Å². The van der Waals surface area contributed by atoms with E-state index in [-0.39, 0.29) is 17.4 Å². The molecule has 1 aliphatic heterocycles. The van der Waals surface area contributed by atoms with Gasteiger partial charge in [-0.2, -0.15) is 0 Å². The molecule has 1 saturated heterocycles. The van der Waals surface area contributed by atoms with Gasteiger partial charge in [-0.05, 0) is 69.7 Å². The number of halogens is 2. The third-order valence-electron chi connectivity index (χ3n) is 6.77. The molecule has 7 heteroatoms. The monoisotopic (exact) mass is 408 g/mol. The third-order valence-corrected chi connectivity index (χ3v) is 6.77. The van der Waals surface area contributed by atoms with Gasteiger partial charge >= 0.3 is 0 Å². The van der Waals surface area contributed by atoms with Crippen LogP contribution in [0.3, 0.4) is 0 Å². The predicted molar refractivity (Wildman–Crippen MR) is 105 cm³/mol. The Kier molecular flexibility index (Phi) is 5.80. The Labute approximate surface area is 170 Å². The molecule has 29 heavy (non-hydrogen) atoms. The number of methoxy groups -OCH3 is 1. The molecule has 3 aliphatic rings. The van der Waals surface area contributed by atoms with Gasteiger partial charge in [0.1, 0.15) is 11.3 Å². The number of nitrogens with zero attached hydrogens (tertiary/aromatic N) is 2. The second-order valence-corrected chi connectivity index (χ2v) is 8.99. The second-order valence-electron chi connectivity index (χ2n) is 8.99. The third kappa shape index (κ3) is 4.12. The first-order chi connectivity index (χ1) is 13.9. The van der Waals surface area contributed by atoms with Crippen LogP contribution in [0.25, 0.3) is 0 Å². The molecule has 4 atom stereocenters. The fourth-order valence-corrected chi connectivity index (χ4v) is 4.88. The molecule has 0 spiro atoms. The molecule has 1 aromatic rings. The molecule has 1 aromatic carbocycles. The summed E-state index contributed by atoms with van der Waals surface area (Å²) in [6, 6.07) is 2.60. The van der Waals surface area contributed by atoms with E-state index in [4.69, 9.17) is 9.47 Å². The van der Waals surface area contributed by atoms with E-state index in [1.807, 2.05) is 0 Å². The first kappa shape index (κ1) is 20.5. The van der Waals surface area contributed by atoms with Crippen molar-refractivity contribution in [2.24, 2.45) is 17.8 Å². The highest BCUT2D eigenvalue weighted by atomic mass is 19.2. The van der Waals surface area contributed by atoms with Gasteiger partial charge in [0.25, 0.3) is 5.91 Å². The van der Waals surface area contributed by atoms with Gasteiger partial charge in [0.2, 0.25) is 0 Å². The van der Waals surface area contributed by atoms with Crippen LogP contribution in [-0.2, 0) is 4.74 Å². The number of benzene rings is 1. The van der Waals surface area contributed by atoms with Crippen LogP contribution >= 0.6 is 0 Å². The molecular weight excluding hydrogens is 378 g/mol. The number of fused-ring (bicyclic) bond motifs is 1. The maximum absolute atomic E-state index is 14.4.